The number of hydrogen-bond acceptors (Lipinski definition) is 6. The molecule has 1 fully saturated rings. The van der Waals surface area contributed by atoms with E-state index < -0.39 is 6.03 Å². The molecule has 2 aromatic rings. The second-order valence-corrected chi connectivity index (χ2v) is 6.16. The summed E-state index contributed by atoms with van der Waals surface area (Å²) in [4.78, 5) is 35.3. The van der Waals surface area contributed by atoms with Crippen molar-refractivity contribution >= 4 is 39.3 Å². The van der Waals surface area contributed by atoms with E-state index in [0.717, 1.165) is 29.1 Å². The number of nitrogens with one attached hydrogen (secondary N) is 1. The van der Waals surface area contributed by atoms with Crippen LogP contribution in [-0.4, -0.2) is 59.5 Å². The van der Waals surface area contributed by atoms with E-state index in [9.17, 15) is 9.59 Å². The fourth-order valence-electron chi connectivity index (χ4n) is 2.62. The van der Waals surface area contributed by atoms with Crippen LogP contribution >= 0.6 is 11.3 Å². The van der Waals surface area contributed by atoms with Crippen LogP contribution in [0.1, 0.15) is 6.42 Å². The topological polar surface area (TPSA) is 104 Å². The molecule has 0 unspecified atom stereocenters. The summed E-state index contributed by atoms with van der Waals surface area (Å²) >= 11 is 1.63. The molecular formula is C14H18N6O2S. The number of nitrogens with zero attached hydrogens (tertiary/aromatic N) is 4. The summed E-state index contributed by atoms with van der Waals surface area (Å²) in [6, 6.07) is 1.38. The molecule has 122 valence electrons. The number of amides is 3. The summed E-state index contributed by atoms with van der Waals surface area (Å²) in [5, 5.41) is 4.44. The Balaban J connectivity index is 1.57. The molecule has 8 nitrogen and oxygen atoms in total. The van der Waals surface area contributed by atoms with Gasteiger partial charge < -0.3 is 20.9 Å². The summed E-state index contributed by atoms with van der Waals surface area (Å²) in [6.45, 7) is 3.03. The molecule has 3 amide bonds. The lowest BCUT2D eigenvalue weighted by molar-refractivity contribution is -0.131. The van der Waals surface area contributed by atoms with Crippen molar-refractivity contribution in [2.75, 3.05) is 37.6 Å². The number of aromatic nitrogens is 2. The Morgan fingerprint density at radius 2 is 2.04 bits per heavy atom. The molecule has 2 aromatic heterocycles. The standard InChI is InChI=1S/C14H18N6O2S/c15-14(22)16-3-1-11(21)19-4-6-20(7-5-19)13-12-10(2-8-23-12)17-9-18-13/h2,8-9H,1,3-7H2,(H3,15,16,22). The molecule has 1 saturated heterocycles. The van der Waals surface area contributed by atoms with Gasteiger partial charge in [-0.05, 0) is 11.4 Å². The van der Waals surface area contributed by atoms with E-state index in [1.165, 1.54) is 0 Å². The molecule has 23 heavy (non-hydrogen) atoms. The molecule has 0 saturated carbocycles. The Morgan fingerprint density at radius 3 is 2.78 bits per heavy atom. The molecule has 3 heterocycles. The van der Waals surface area contributed by atoms with Crippen molar-refractivity contribution in [3.63, 3.8) is 0 Å². The van der Waals surface area contributed by atoms with Crippen LogP contribution in [0.25, 0.3) is 10.2 Å². The van der Waals surface area contributed by atoms with Gasteiger partial charge in [-0.15, -0.1) is 11.3 Å². The molecule has 3 N–H and O–H groups in total. The summed E-state index contributed by atoms with van der Waals surface area (Å²) < 4.78 is 1.08. The average Bonchev–Trinajstić information content (AvgIpc) is 3.03. The molecule has 9 heteroatoms. The number of carbonyl (C=O) groups is 2. The molecule has 0 spiro atoms. The van der Waals surface area contributed by atoms with Crippen molar-refractivity contribution in [3.8, 4) is 0 Å². The van der Waals surface area contributed by atoms with Crippen molar-refractivity contribution in [1.82, 2.24) is 20.2 Å². The lowest BCUT2D eigenvalue weighted by Crippen LogP contribution is -2.49. The summed E-state index contributed by atoms with van der Waals surface area (Å²) in [7, 11) is 0. The van der Waals surface area contributed by atoms with Gasteiger partial charge >= 0.3 is 6.03 Å². The smallest absolute Gasteiger partial charge is 0.312 e. The number of piperazine rings is 1. The van der Waals surface area contributed by atoms with Crippen LogP contribution in [-0.2, 0) is 4.79 Å². The Morgan fingerprint density at radius 1 is 1.26 bits per heavy atom. The van der Waals surface area contributed by atoms with Crippen molar-refractivity contribution < 1.29 is 9.59 Å². The highest BCUT2D eigenvalue weighted by molar-refractivity contribution is 7.17. The highest BCUT2D eigenvalue weighted by atomic mass is 32.1. The predicted molar refractivity (Wildman–Crippen MR) is 88.4 cm³/mol. The van der Waals surface area contributed by atoms with Crippen molar-refractivity contribution in [3.05, 3.63) is 17.8 Å². The van der Waals surface area contributed by atoms with E-state index in [2.05, 4.69) is 20.2 Å². The van der Waals surface area contributed by atoms with Gasteiger partial charge in [0.15, 0.2) is 0 Å². The zero-order valence-electron chi connectivity index (χ0n) is 12.6. The summed E-state index contributed by atoms with van der Waals surface area (Å²) in [5.74, 6) is 0.967. The molecule has 0 bridgehead atoms. The van der Waals surface area contributed by atoms with Gasteiger partial charge in [0.05, 0.1) is 10.2 Å². The third-order valence-electron chi connectivity index (χ3n) is 3.79. The maximum absolute atomic E-state index is 12.1. The second-order valence-electron chi connectivity index (χ2n) is 5.24. The van der Waals surface area contributed by atoms with E-state index in [1.807, 2.05) is 16.3 Å². The van der Waals surface area contributed by atoms with Gasteiger partial charge in [-0.25, -0.2) is 14.8 Å². The molecule has 1 aliphatic heterocycles. The normalized spacial score (nSPS) is 15.0. The van der Waals surface area contributed by atoms with Gasteiger partial charge in [0.1, 0.15) is 12.1 Å². The maximum Gasteiger partial charge on any atom is 0.312 e. The number of fused-ring (bicyclic) bond motifs is 1. The van der Waals surface area contributed by atoms with Crippen LogP contribution in [0.4, 0.5) is 10.6 Å². The molecule has 3 rings (SSSR count). The maximum atomic E-state index is 12.1. The molecule has 0 aliphatic carbocycles. The minimum Gasteiger partial charge on any atom is -0.352 e. The molecular weight excluding hydrogens is 316 g/mol. The number of nitrogens with two attached hydrogens (primary N) is 1. The first-order chi connectivity index (χ1) is 11.1. The Hall–Kier alpha value is -2.42. The van der Waals surface area contributed by atoms with E-state index in [1.54, 1.807) is 17.7 Å². The number of hydrogen-bond donors (Lipinski definition) is 2. The lowest BCUT2D eigenvalue weighted by Gasteiger charge is -2.35. The number of anilines is 1. The molecule has 0 aromatic carbocycles. The average molecular weight is 334 g/mol. The fraction of sp³-hybridized carbons (Fsp3) is 0.429. The molecule has 0 radical (unpaired) electrons. The Kier molecular flexibility index (Phi) is 4.56. The first-order valence-electron chi connectivity index (χ1n) is 7.39. The monoisotopic (exact) mass is 334 g/mol. The van der Waals surface area contributed by atoms with E-state index in [0.29, 0.717) is 13.1 Å². The fourth-order valence-corrected chi connectivity index (χ4v) is 3.48. The van der Waals surface area contributed by atoms with Gasteiger partial charge in [-0.2, -0.15) is 0 Å². The lowest BCUT2D eigenvalue weighted by atomic mass is 10.2. The van der Waals surface area contributed by atoms with E-state index >= 15 is 0 Å². The van der Waals surface area contributed by atoms with E-state index in [-0.39, 0.29) is 18.9 Å². The molecule has 1 aliphatic rings. The van der Waals surface area contributed by atoms with E-state index in [4.69, 9.17) is 5.73 Å². The third kappa shape index (κ3) is 3.50. The quantitative estimate of drug-likeness (QED) is 0.842. The van der Waals surface area contributed by atoms with Crippen LogP contribution in [0.5, 0.6) is 0 Å². The van der Waals surface area contributed by atoms with Crippen LogP contribution in [0.2, 0.25) is 0 Å². The Bertz CT molecular complexity index is 710. The third-order valence-corrected chi connectivity index (χ3v) is 4.69. The highest BCUT2D eigenvalue weighted by Crippen LogP contribution is 2.28. The summed E-state index contributed by atoms with van der Waals surface area (Å²) in [6.07, 6.45) is 1.85. The largest absolute Gasteiger partial charge is 0.352 e. The van der Waals surface area contributed by atoms with Gasteiger partial charge in [0.25, 0.3) is 0 Å². The van der Waals surface area contributed by atoms with Gasteiger partial charge in [0.2, 0.25) is 5.91 Å². The number of urea groups is 1. The zero-order chi connectivity index (χ0) is 16.2. The minimum absolute atomic E-state index is 0.0300. The SMILES string of the molecule is NC(=O)NCCC(=O)N1CCN(c2ncnc3ccsc23)CC1. The highest BCUT2D eigenvalue weighted by Gasteiger charge is 2.23. The van der Waals surface area contributed by atoms with Crippen LogP contribution < -0.4 is 16.0 Å². The number of thiophene rings is 1. The van der Waals surface area contributed by atoms with Crippen molar-refractivity contribution in [1.29, 1.82) is 0 Å². The van der Waals surface area contributed by atoms with Crippen LogP contribution in [0, 0.1) is 0 Å². The van der Waals surface area contributed by atoms with Gasteiger partial charge in [0, 0.05) is 39.1 Å². The second kappa shape index (κ2) is 6.78. The predicted octanol–water partition coefficient (Wildman–Crippen LogP) is 0.398. The first-order valence-corrected chi connectivity index (χ1v) is 8.27. The summed E-state index contributed by atoms with van der Waals surface area (Å²) in [5.41, 5.74) is 5.94. The number of carbonyl (C=O) groups excluding carboxylic acids is 2. The Labute approximate surface area is 137 Å². The van der Waals surface area contributed by atoms with Gasteiger partial charge in [-0.1, -0.05) is 0 Å². The minimum atomic E-state index is -0.605. The molecule has 0 atom stereocenters. The van der Waals surface area contributed by atoms with Gasteiger partial charge in [-0.3, -0.25) is 4.79 Å². The zero-order valence-corrected chi connectivity index (χ0v) is 13.4. The number of rotatable bonds is 4. The van der Waals surface area contributed by atoms with Crippen LogP contribution in [0.15, 0.2) is 17.8 Å². The van der Waals surface area contributed by atoms with Crippen LogP contribution in [0.3, 0.4) is 0 Å². The number of primary amides is 1. The first kappa shape index (κ1) is 15.5. The van der Waals surface area contributed by atoms with Crippen molar-refractivity contribution in [2.24, 2.45) is 5.73 Å². The van der Waals surface area contributed by atoms with Crippen molar-refractivity contribution in [2.45, 2.75) is 6.42 Å².